The Hall–Kier alpha value is -4.58. The minimum Gasteiger partial charge on any atom is -0.507 e. The van der Waals surface area contributed by atoms with E-state index in [1.54, 1.807) is 13.0 Å². The maximum Gasteiger partial charge on any atom is 0.238 e. The molecule has 0 aromatic heterocycles. The van der Waals surface area contributed by atoms with Crippen LogP contribution in [0.4, 0.5) is 5.69 Å². The van der Waals surface area contributed by atoms with Gasteiger partial charge in [0.05, 0.1) is 17.5 Å². The molecule has 1 heterocycles. The number of phenolic OH excluding ortho intramolecular Hbond substituents is 1. The molecule has 204 valence electrons. The Bertz CT molecular complexity index is 1790. The largest absolute Gasteiger partial charge is 0.507 e. The quantitative estimate of drug-likeness (QED) is 0.258. The third-order valence-electron chi connectivity index (χ3n) is 9.41. The second-order valence-electron chi connectivity index (χ2n) is 11.5. The second kappa shape index (κ2) is 9.23. The van der Waals surface area contributed by atoms with E-state index in [4.69, 9.17) is 0 Å². The zero-order chi connectivity index (χ0) is 28.6. The molecule has 7 rings (SSSR count). The Morgan fingerprint density at radius 1 is 0.878 bits per heavy atom. The number of aryl methyl sites for hydroxylation is 1. The number of benzene rings is 3. The zero-order valence-corrected chi connectivity index (χ0v) is 22.9. The van der Waals surface area contributed by atoms with Crippen LogP contribution in [-0.2, 0) is 25.6 Å². The number of carbonyl (C=O) groups is 4. The van der Waals surface area contributed by atoms with Gasteiger partial charge in [0.25, 0.3) is 0 Å². The van der Waals surface area contributed by atoms with Crippen LogP contribution in [0.15, 0.2) is 95.1 Å². The number of carbonyl (C=O) groups excluding carboxylic acids is 4. The molecule has 1 fully saturated rings. The number of allylic oxidation sites excluding steroid dienone is 6. The second-order valence-corrected chi connectivity index (χ2v) is 11.5. The van der Waals surface area contributed by atoms with Gasteiger partial charge in [-0.2, -0.15) is 0 Å². The van der Waals surface area contributed by atoms with Gasteiger partial charge in [0.1, 0.15) is 5.75 Å². The van der Waals surface area contributed by atoms with E-state index in [0.29, 0.717) is 34.2 Å². The van der Waals surface area contributed by atoms with Gasteiger partial charge >= 0.3 is 0 Å². The third kappa shape index (κ3) is 3.63. The average Bonchev–Trinajstić information content (AvgIpc) is 3.25. The summed E-state index contributed by atoms with van der Waals surface area (Å²) in [6.45, 7) is 3.71. The van der Waals surface area contributed by atoms with Crippen molar-refractivity contribution in [3.05, 3.63) is 106 Å². The van der Waals surface area contributed by atoms with Crippen molar-refractivity contribution < 1.29 is 24.3 Å². The third-order valence-corrected chi connectivity index (χ3v) is 9.41. The Kier molecular flexibility index (Phi) is 5.72. The predicted octanol–water partition coefficient (Wildman–Crippen LogP) is 5.74. The summed E-state index contributed by atoms with van der Waals surface area (Å²) in [5.41, 5.74) is 4.66. The number of aromatic hydroxyl groups is 1. The maximum atomic E-state index is 14.1. The molecule has 0 bridgehead atoms. The van der Waals surface area contributed by atoms with Crippen LogP contribution < -0.4 is 4.90 Å². The molecule has 0 spiro atoms. The molecular weight excluding hydrogens is 514 g/mol. The fourth-order valence-electron chi connectivity index (χ4n) is 7.41. The number of phenols is 1. The monoisotopic (exact) mass is 543 g/mol. The molecule has 1 saturated heterocycles. The van der Waals surface area contributed by atoms with Gasteiger partial charge in [-0.05, 0) is 72.9 Å². The van der Waals surface area contributed by atoms with E-state index < -0.39 is 23.7 Å². The summed E-state index contributed by atoms with van der Waals surface area (Å²) in [6.07, 6.45) is 4.91. The highest BCUT2D eigenvalue weighted by Crippen LogP contribution is 2.56. The first-order chi connectivity index (χ1) is 19.8. The minimum atomic E-state index is -0.622. The van der Waals surface area contributed by atoms with Crippen molar-refractivity contribution in [2.75, 3.05) is 4.90 Å². The number of fused-ring (bicyclic) bond motifs is 4. The van der Waals surface area contributed by atoms with Crippen molar-refractivity contribution in [3.63, 3.8) is 0 Å². The normalized spacial score (nSPS) is 25.7. The summed E-state index contributed by atoms with van der Waals surface area (Å²) in [5.74, 6) is -2.82. The Morgan fingerprint density at radius 2 is 1.61 bits per heavy atom. The average molecular weight is 544 g/mol. The molecule has 6 heteroatoms. The van der Waals surface area contributed by atoms with Crippen molar-refractivity contribution in [2.24, 2.45) is 17.8 Å². The van der Waals surface area contributed by atoms with Crippen molar-refractivity contribution >= 4 is 39.8 Å². The van der Waals surface area contributed by atoms with Crippen LogP contribution in [0, 0.1) is 17.8 Å². The zero-order valence-electron chi connectivity index (χ0n) is 22.9. The molecule has 2 amide bonds. The SMILES string of the molecule is CCc1ccc(N2C(=O)C3CC=C4C(c5ccc(O)c6ccccc56)C5=C(CC4C3C2=O)C(=O)C=C(C)C5=O)cc1. The first-order valence-corrected chi connectivity index (χ1v) is 14.2. The van der Waals surface area contributed by atoms with Gasteiger partial charge in [0.2, 0.25) is 11.8 Å². The first kappa shape index (κ1) is 25.4. The topological polar surface area (TPSA) is 91.8 Å². The number of ketones is 2. The number of Topliss-reactive ketones (excluding diaryl/α,β-unsaturated/α-hetero) is 1. The van der Waals surface area contributed by atoms with Gasteiger partial charge in [-0.3, -0.25) is 24.1 Å². The molecule has 3 aromatic rings. The summed E-state index contributed by atoms with van der Waals surface area (Å²) >= 11 is 0. The fourth-order valence-corrected chi connectivity index (χ4v) is 7.41. The van der Waals surface area contributed by atoms with Crippen LogP contribution >= 0.6 is 0 Å². The lowest BCUT2D eigenvalue weighted by Crippen LogP contribution is -2.39. The fraction of sp³-hybridized carbons (Fsp3) is 0.257. The standard InChI is InChI=1S/C35H29NO5/c1-3-19-8-10-20(11-9-19)36-34(40)25-13-12-24-26(31(25)35(36)41)17-27-29(38)16-18(2)33(39)32(27)30(24)23-14-15-28(37)22-7-5-4-6-21(22)23/h4-12,14-16,25-26,30-31,37H,3,13,17H2,1-2H3. The van der Waals surface area contributed by atoms with Gasteiger partial charge in [0.15, 0.2) is 11.6 Å². The van der Waals surface area contributed by atoms with Gasteiger partial charge in [-0.25, -0.2) is 0 Å². The molecule has 4 atom stereocenters. The summed E-state index contributed by atoms with van der Waals surface area (Å²) in [5, 5.41) is 12.0. The number of nitrogens with zero attached hydrogens (tertiary/aromatic N) is 1. The molecular formula is C35H29NO5. The van der Waals surface area contributed by atoms with Gasteiger partial charge < -0.3 is 5.11 Å². The predicted molar refractivity (Wildman–Crippen MR) is 155 cm³/mol. The molecule has 4 aliphatic rings. The van der Waals surface area contributed by atoms with Crippen molar-refractivity contribution in [1.82, 2.24) is 0 Å². The first-order valence-electron chi connectivity index (χ1n) is 14.2. The Balaban J connectivity index is 1.39. The highest BCUT2D eigenvalue weighted by molar-refractivity contribution is 6.25. The lowest BCUT2D eigenvalue weighted by molar-refractivity contribution is -0.123. The van der Waals surface area contributed by atoms with Crippen LogP contribution in [-0.4, -0.2) is 28.5 Å². The molecule has 0 saturated carbocycles. The van der Waals surface area contributed by atoms with Crippen molar-refractivity contribution in [1.29, 1.82) is 0 Å². The van der Waals surface area contributed by atoms with E-state index in [0.717, 1.165) is 28.5 Å². The van der Waals surface area contributed by atoms with E-state index in [1.807, 2.05) is 60.7 Å². The number of amides is 2. The van der Waals surface area contributed by atoms with Crippen molar-refractivity contribution in [2.45, 2.75) is 39.0 Å². The Labute approximate surface area is 237 Å². The number of imide groups is 1. The molecule has 1 N–H and O–H groups in total. The van der Waals surface area contributed by atoms with Crippen LogP contribution in [0.5, 0.6) is 5.75 Å². The van der Waals surface area contributed by atoms with Gasteiger partial charge in [-0.15, -0.1) is 0 Å². The number of hydrogen-bond donors (Lipinski definition) is 1. The smallest absolute Gasteiger partial charge is 0.238 e. The summed E-state index contributed by atoms with van der Waals surface area (Å²) in [4.78, 5) is 56.2. The van der Waals surface area contributed by atoms with Crippen LogP contribution in [0.3, 0.4) is 0 Å². The summed E-state index contributed by atoms with van der Waals surface area (Å²) < 4.78 is 0. The van der Waals surface area contributed by atoms with Gasteiger partial charge in [0, 0.05) is 28.0 Å². The van der Waals surface area contributed by atoms with E-state index in [1.165, 1.54) is 11.0 Å². The number of rotatable bonds is 3. The Morgan fingerprint density at radius 3 is 2.34 bits per heavy atom. The lowest BCUT2D eigenvalue weighted by atomic mass is 9.59. The molecule has 4 unspecified atom stereocenters. The van der Waals surface area contributed by atoms with Crippen LogP contribution in [0.1, 0.15) is 43.7 Å². The molecule has 1 aliphatic heterocycles. The molecule has 3 aromatic carbocycles. The number of anilines is 1. The highest BCUT2D eigenvalue weighted by Gasteiger charge is 2.56. The van der Waals surface area contributed by atoms with E-state index in [-0.39, 0.29) is 35.6 Å². The minimum absolute atomic E-state index is 0.132. The van der Waals surface area contributed by atoms with E-state index in [9.17, 15) is 24.3 Å². The molecule has 41 heavy (non-hydrogen) atoms. The van der Waals surface area contributed by atoms with Gasteiger partial charge in [-0.1, -0.05) is 61.0 Å². The number of hydrogen-bond acceptors (Lipinski definition) is 5. The van der Waals surface area contributed by atoms with Crippen molar-refractivity contribution in [3.8, 4) is 5.75 Å². The van der Waals surface area contributed by atoms with Crippen LogP contribution in [0.25, 0.3) is 10.8 Å². The highest BCUT2D eigenvalue weighted by atomic mass is 16.3. The lowest BCUT2D eigenvalue weighted by Gasteiger charge is -2.42. The molecule has 0 radical (unpaired) electrons. The van der Waals surface area contributed by atoms with E-state index in [2.05, 4.69) is 6.92 Å². The molecule has 6 nitrogen and oxygen atoms in total. The molecule has 3 aliphatic carbocycles. The summed E-state index contributed by atoms with van der Waals surface area (Å²) in [6, 6.07) is 18.4. The van der Waals surface area contributed by atoms with Crippen LogP contribution in [0.2, 0.25) is 0 Å². The summed E-state index contributed by atoms with van der Waals surface area (Å²) in [7, 11) is 0. The van der Waals surface area contributed by atoms with E-state index >= 15 is 0 Å². The maximum absolute atomic E-state index is 14.1.